The van der Waals surface area contributed by atoms with Crippen molar-refractivity contribution in [3.05, 3.63) is 102 Å². The molecule has 43 heavy (non-hydrogen) atoms. The van der Waals surface area contributed by atoms with Crippen molar-refractivity contribution in [2.24, 2.45) is 0 Å². The minimum Gasteiger partial charge on any atom is -0.852 e. The molecule has 0 unspecified atom stereocenters. The fourth-order valence-electron chi connectivity index (χ4n) is 5.19. The number of aromatic nitrogens is 1. The van der Waals surface area contributed by atoms with E-state index < -0.39 is 42.1 Å². The number of aliphatic hydroxyl groups is 1. The summed E-state index contributed by atoms with van der Waals surface area (Å²) in [6.07, 6.45) is -3.57. The Kier molecular flexibility index (Phi) is 12.5. The Morgan fingerprint density at radius 3 is 2.00 bits per heavy atom. The quantitative estimate of drug-likeness (QED) is 0.233. The van der Waals surface area contributed by atoms with Crippen LogP contribution in [0.5, 0.6) is 0 Å². The van der Waals surface area contributed by atoms with Crippen molar-refractivity contribution in [2.45, 2.75) is 57.8 Å². The van der Waals surface area contributed by atoms with Crippen molar-refractivity contribution in [3.8, 4) is 22.4 Å². The largest absolute Gasteiger partial charge is 2.00 e. The van der Waals surface area contributed by atoms with Crippen LogP contribution in [0, 0.1) is 11.6 Å². The van der Waals surface area contributed by atoms with E-state index in [4.69, 9.17) is 0 Å². The number of aliphatic carboxylic acids is 1. The van der Waals surface area contributed by atoms with Crippen LogP contribution in [-0.4, -0.2) is 71.5 Å². The molecule has 3 aromatic carbocycles. The van der Waals surface area contributed by atoms with E-state index in [1.807, 2.05) is 24.5 Å². The molecule has 0 radical (unpaired) electrons. The molecular weight excluding hydrogens is 582 g/mol. The van der Waals surface area contributed by atoms with Crippen LogP contribution in [0.3, 0.4) is 0 Å². The molecule has 0 aliphatic heterocycles. The predicted octanol–water partition coefficient (Wildman–Crippen LogP) is 4.11. The maximum absolute atomic E-state index is 14.0. The van der Waals surface area contributed by atoms with Crippen molar-refractivity contribution in [1.29, 1.82) is 0 Å². The van der Waals surface area contributed by atoms with Crippen LogP contribution < -0.4 is 15.5 Å². The molecule has 0 spiro atoms. The molecule has 0 fully saturated rings. The van der Waals surface area contributed by atoms with Gasteiger partial charge in [0, 0.05) is 35.9 Å². The fourth-order valence-corrected chi connectivity index (χ4v) is 5.19. The van der Waals surface area contributed by atoms with Gasteiger partial charge in [0.15, 0.2) is 0 Å². The van der Waals surface area contributed by atoms with Crippen molar-refractivity contribution >= 4 is 55.3 Å². The number of nitrogens with one attached hydrogen (secondary N) is 1. The molecule has 10 heteroatoms. The van der Waals surface area contributed by atoms with E-state index in [2.05, 4.69) is 5.32 Å². The summed E-state index contributed by atoms with van der Waals surface area (Å²) in [4.78, 5) is 24.9. The maximum Gasteiger partial charge on any atom is 2.00 e. The number of nitrogens with zero attached hydrogens (tertiary/aromatic N) is 1. The monoisotopic (exact) mass is 614 g/mol. The number of amides is 1. The second kappa shape index (κ2) is 15.6. The van der Waals surface area contributed by atoms with Gasteiger partial charge in [0.25, 0.3) is 5.91 Å². The summed E-state index contributed by atoms with van der Waals surface area (Å²) in [5, 5.41) is 36.6. The third-order valence-corrected chi connectivity index (χ3v) is 6.97. The number of benzene rings is 3. The van der Waals surface area contributed by atoms with Crippen LogP contribution >= 0.6 is 0 Å². The third-order valence-electron chi connectivity index (χ3n) is 6.97. The van der Waals surface area contributed by atoms with E-state index in [1.54, 1.807) is 48.5 Å². The molecule has 4 rings (SSSR count). The summed E-state index contributed by atoms with van der Waals surface area (Å²) in [7, 11) is 0. The summed E-state index contributed by atoms with van der Waals surface area (Å²) >= 11 is 0. The average molecular weight is 615 g/mol. The second-order valence-corrected chi connectivity index (χ2v) is 10.5. The van der Waals surface area contributed by atoms with Gasteiger partial charge >= 0.3 is 37.7 Å². The molecule has 1 amide bonds. The average Bonchev–Trinajstić information content (AvgIpc) is 3.28. The number of halogens is 2. The van der Waals surface area contributed by atoms with Gasteiger partial charge in [-0.2, -0.15) is 0 Å². The van der Waals surface area contributed by atoms with Gasteiger partial charge in [-0.05, 0) is 78.4 Å². The normalized spacial score (nSPS) is 12.4. The smallest absolute Gasteiger partial charge is 0.852 e. The SMILES string of the molecule is CC(C)c1c(C(=O)Nc2ccccc2)c(-c2ccc(F)cc2)c(-c2ccc(F)cc2)n1CC[C@@H]([O-])C[C@@H](O)CC(=O)[O-].[Ca+2]. The molecular formula is C33H32CaF2N2O5. The predicted molar refractivity (Wildman–Crippen MR) is 158 cm³/mol. The number of anilines is 1. The first-order valence-corrected chi connectivity index (χ1v) is 13.7. The number of para-hydroxylation sites is 1. The van der Waals surface area contributed by atoms with Crippen LogP contribution in [0.2, 0.25) is 0 Å². The molecule has 0 aliphatic carbocycles. The van der Waals surface area contributed by atoms with E-state index in [1.165, 1.54) is 24.3 Å². The van der Waals surface area contributed by atoms with Crippen LogP contribution in [0.25, 0.3) is 22.4 Å². The molecule has 0 saturated carbocycles. The number of carbonyl (C=O) groups is 2. The first kappa shape index (κ1) is 34.4. The molecule has 1 heterocycles. The fraction of sp³-hybridized carbons (Fsp3) is 0.273. The van der Waals surface area contributed by atoms with E-state index in [9.17, 15) is 33.7 Å². The Hall–Kier alpha value is -3.08. The number of hydrogen-bond acceptors (Lipinski definition) is 5. The van der Waals surface area contributed by atoms with Gasteiger partial charge in [0.05, 0.1) is 17.4 Å². The van der Waals surface area contributed by atoms with Gasteiger partial charge in [-0.25, -0.2) is 8.78 Å². The van der Waals surface area contributed by atoms with Gasteiger partial charge < -0.3 is 30.0 Å². The van der Waals surface area contributed by atoms with Gasteiger partial charge in [-0.15, -0.1) is 6.10 Å². The van der Waals surface area contributed by atoms with Crippen LogP contribution in [-0.2, 0) is 11.3 Å². The summed E-state index contributed by atoms with van der Waals surface area (Å²) in [6, 6.07) is 20.4. The number of rotatable bonds is 12. The molecule has 7 nitrogen and oxygen atoms in total. The molecule has 0 saturated heterocycles. The minimum absolute atomic E-state index is 0. The van der Waals surface area contributed by atoms with Crippen molar-refractivity contribution in [3.63, 3.8) is 0 Å². The summed E-state index contributed by atoms with van der Waals surface area (Å²) in [5.41, 5.74) is 3.70. The maximum atomic E-state index is 14.0. The number of carbonyl (C=O) groups excluding carboxylic acids is 2. The molecule has 1 aromatic heterocycles. The van der Waals surface area contributed by atoms with Gasteiger partial charge in [0.1, 0.15) is 11.6 Å². The van der Waals surface area contributed by atoms with Crippen LogP contribution in [0.4, 0.5) is 14.5 Å². The number of aliphatic hydroxyl groups excluding tert-OH is 1. The standard InChI is InChI=1S/C33H33F2N2O5.Ca/c1-20(2)31-30(33(42)36-25-6-4-3-5-7-25)29(21-8-12-23(34)13-9-21)32(22-10-14-24(35)15-11-22)37(31)17-16-26(38)18-27(39)19-28(40)41;/h3-15,20,26-27,39H,16-19H2,1-2H3,(H,36,42)(H,40,41);/q-1;+2/p-1/t26-,27-;/m1./s1. The molecule has 0 aliphatic rings. The molecule has 4 aromatic rings. The van der Waals surface area contributed by atoms with Crippen molar-refractivity contribution in [2.75, 3.05) is 5.32 Å². The first-order valence-electron chi connectivity index (χ1n) is 13.7. The third kappa shape index (κ3) is 8.74. The zero-order valence-electron chi connectivity index (χ0n) is 24.1. The summed E-state index contributed by atoms with van der Waals surface area (Å²) in [5.74, 6) is -2.98. The van der Waals surface area contributed by atoms with Gasteiger partial charge in [0.2, 0.25) is 0 Å². The van der Waals surface area contributed by atoms with E-state index in [-0.39, 0.29) is 63.0 Å². The van der Waals surface area contributed by atoms with E-state index in [0.717, 1.165) is 0 Å². The molecule has 2 N–H and O–H groups in total. The number of carboxylic acids is 1. The topological polar surface area (TPSA) is 117 Å². The summed E-state index contributed by atoms with van der Waals surface area (Å²) < 4.78 is 29.9. The molecule has 220 valence electrons. The zero-order chi connectivity index (χ0) is 30.4. The first-order chi connectivity index (χ1) is 20.0. The number of carboxylic acid groups (broad SMARTS) is 1. The minimum atomic E-state index is -1.45. The Balaban J connectivity index is 0.00000506. The Labute approximate surface area is 279 Å². The number of hydrogen-bond donors (Lipinski definition) is 2. The summed E-state index contributed by atoms with van der Waals surface area (Å²) in [6.45, 7) is 3.94. The second-order valence-electron chi connectivity index (χ2n) is 10.5. The molecule has 0 bridgehead atoms. The van der Waals surface area contributed by atoms with Crippen LogP contribution in [0.15, 0.2) is 78.9 Å². The van der Waals surface area contributed by atoms with Gasteiger partial charge in [-0.1, -0.05) is 44.2 Å². The van der Waals surface area contributed by atoms with Gasteiger partial charge in [-0.3, -0.25) is 4.79 Å². The van der Waals surface area contributed by atoms with Crippen molar-refractivity contribution in [1.82, 2.24) is 4.57 Å². The van der Waals surface area contributed by atoms with Crippen LogP contribution in [0.1, 0.15) is 55.1 Å². The van der Waals surface area contributed by atoms with E-state index >= 15 is 0 Å². The van der Waals surface area contributed by atoms with Crippen molar-refractivity contribution < 1.29 is 33.7 Å². The zero-order valence-corrected chi connectivity index (χ0v) is 26.3. The Morgan fingerprint density at radius 1 is 0.907 bits per heavy atom. The Bertz CT molecular complexity index is 1520. The molecule has 2 atom stereocenters. The van der Waals surface area contributed by atoms with E-state index in [0.29, 0.717) is 39.3 Å². The Morgan fingerprint density at radius 2 is 1.47 bits per heavy atom.